The molecule has 0 aromatic heterocycles. The van der Waals surface area contributed by atoms with Gasteiger partial charge in [0.25, 0.3) is 5.69 Å². The molecule has 0 spiro atoms. The number of carbonyl (C=O) groups excluding carboxylic acids is 1. The highest BCUT2D eigenvalue weighted by atomic mass is 16.6. The Balaban J connectivity index is 1.84. The Morgan fingerprint density at radius 2 is 1.92 bits per heavy atom. The van der Waals surface area contributed by atoms with Crippen LogP contribution in [0.4, 0.5) is 16.2 Å². The number of amides is 2. The van der Waals surface area contributed by atoms with Crippen molar-refractivity contribution in [2.75, 3.05) is 37.6 Å². The Bertz CT molecular complexity index is 600. The topological polar surface area (TPSA) is 78.7 Å². The minimum absolute atomic E-state index is 0.0258. The number of hydrogen-bond acceptors (Lipinski definition) is 4. The van der Waals surface area contributed by atoms with E-state index in [9.17, 15) is 14.9 Å². The van der Waals surface area contributed by atoms with E-state index in [0.717, 1.165) is 19.4 Å². The summed E-state index contributed by atoms with van der Waals surface area (Å²) in [5.74, 6) is 0.534. The highest BCUT2D eigenvalue weighted by Crippen LogP contribution is 2.28. The van der Waals surface area contributed by atoms with Crippen LogP contribution in [-0.2, 0) is 0 Å². The lowest BCUT2D eigenvalue weighted by molar-refractivity contribution is -0.384. The summed E-state index contributed by atoms with van der Waals surface area (Å²) in [5.41, 5.74) is 0.746. The van der Waals surface area contributed by atoms with E-state index >= 15 is 0 Å². The Morgan fingerprint density at radius 3 is 2.54 bits per heavy atom. The summed E-state index contributed by atoms with van der Waals surface area (Å²) in [6.07, 6.45) is 4.60. The molecule has 1 fully saturated rings. The molecule has 26 heavy (non-hydrogen) atoms. The number of nitrogens with zero attached hydrogens (tertiary/aromatic N) is 3. The molecule has 1 atom stereocenters. The maximum Gasteiger partial charge on any atom is 0.317 e. The number of urea groups is 1. The van der Waals surface area contributed by atoms with Crippen LogP contribution < -0.4 is 10.2 Å². The van der Waals surface area contributed by atoms with Gasteiger partial charge in [-0.25, -0.2) is 4.79 Å². The van der Waals surface area contributed by atoms with Gasteiger partial charge in [-0.15, -0.1) is 0 Å². The van der Waals surface area contributed by atoms with Crippen molar-refractivity contribution in [1.29, 1.82) is 0 Å². The van der Waals surface area contributed by atoms with Gasteiger partial charge in [-0.1, -0.05) is 45.2 Å². The van der Waals surface area contributed by atoms with Crippen molar-refractivity contribution in [3.05, 3.63) is 34.4 Å². The third-order valence-electron chi connectivity index (χ3n) is 5.07. The van der Waals surface area contributed by atoms with Gasteiger partial charge in [-0.05, 0) is 18.4 Å². The summed E-state index contributed by atoms with van der Waals surface area (Å²) in [4.78, 5) is 27.0. The van der Waals surface area contributed by atoms with Gasteiger partial charge in [0.1, 0.15) is 5.69 Å². The Labute approximate surface area is 155 Å². The highest BCUT2D eigenvalue weighted by molar-refractivity contribution is 5.74. The molecule has 1 N–H and O–H groups in total. The Kier molecular flexibility index (Phi) is 7.69. The summed E-state index contributed by atoms with van der Waals surface area (Å²) in [7, 11) is 0. The molecule has 1 aliphatic rings. The van der Waals surface area contributed by atoms with Crippen LogP contribution in [0.5, 0.6) is 0 Å². The van der Waals surface area contributed by atoms with Gasteiger partial charge >= 0.3 is 6.03 Å². The summed E-state index contributed by atoms with van der Waals surface area (Å²) < 4.78 is 0. The summed E-state index contributed by atoms with van der Waals surface area (Å²) in [5, 5.41) is 14.3. The molecule has 0 aliphatic carbocycles. The van der Waals surface area contributed by atoms with Gasteiger partial charge in [0.2, 0.25) is 0 Å². The number of unbranched alkanes of at least 4 members (excludes halogenated alkanes) is 1. The van der Waals surface area contributed by atoms with E-state index in [1.54, 1.807) is 17.0 Å². The van der Waals surface area contributed by atoms with Crippen molar-refractivity contribution in [1.82, 2.24) is 10.2 Å². The van der Waals surface area contributed by atoms with E-state index in [0.29, 0.717) is 37.8 Å². The van der Waals surface area contributed by atoms with Crippen LogP contribution in [0.25, 0.3) is 0 Å². The molecular formula is C19H30N4O3. The number of hydrogen-bond donors (Lipinski definition) is 1. The van der Waals surface area contributed by atoms with Crippen molar-refractivity contribution in [3.8, 4) is 0 Å². The third-order valence-corrected chi connectivity index (χ3v) is 5.07. The van der Waals surface area contributed by atoms with Crippen LogP contribution >= 0.6 is 0 Å². The van der Waals surface area contributed by atoms with Gasteiger partial charge in [-0.2, -0.15) is 0 Å². The minimum atomic E-state index is -0.352. The number of piperazine rings is 1. The molecule has 0 saturated carbocycles. The van der Waals surface area contributed by atoms with Gasteiger partial charge in [0, 0.05) is 38.8 Å². The maximum atomic E-state index is 12.4. The fraction of sp³-hybridized carbons (Fsp3) is 0.632. The number of benzene rings is 1. The Morgan fingerprint density at radius 1 is 1.23 bits per heavy atom. The molecule has 1 aliphatic heterocycles. The van der Waals surface area contributed by atoms with Crippen LogP contribution in [0, 0.1) is 16.0 Å². The first-order valence-corrected chi connectivity index (χ1v) is 9.57. The van der Waals surface area contributed by atoms with E-state index in [4.69, 9.17) is 0 Å². The van der Waals surface area contributed by atoms with Gasteiger partial charge in [-0.3, -0.25) is 10.1 Å². The zero-order chi connectivity index (χ0) is 18.9. The van der Waals surface area contributed by atoms with Crippen LogP contribution in [-0.4, -0.2) is 48.6 Å². The lowest BCUT2D eigenvalue weighted by atomic mass is 9.99. The molecular weight excluding hydrogens is 332 g/mol. The normalized spacial score (nSPS) is 15.6. The molecule has 1 aromatic carbocycles. The van der Waals surface area contributed by atoms with E-state index in [1.165, 1.54) is 18.9 Å². The first kappa shape index (κ1) is 20.0. The molecule has 7 heteroatoms. The number of carbonyl (C=O) groups is 1. The standard InChI is InChI=1S/C19H30N4O3/c1-3-5-8-16(4-2)15-20-19(24)22-13-11-21(12-14-22)17-9-6-7-10-18(17)23(25)26/h6-7,9-10,16H,3-5,8,11-15H2,1-2H3,(H,20,24). The second kappa shape index (κ2) is 9.99. The van der Waals surface area contributed by atoms with Crippen molar-refractivity contribution in [2.24, 2.45) is 5.92 Å². The number of nitrogens with one attached hydrogen (secondary N) is 1. The van der Waals surface area contributed by atoms with Gasteiger partial charge in [0.15, 0.2) is 0 Å². The number of para-hydroxylation sites is 2. The van der Waals surface area contributed by atoms with Crippen LogP contribution in [0.15, 0.2) is 24.3 Å². The summed E-state index contributed by atoms with van der Waals surface area (Å²) >= 11 is 0. The smallest absolute Gasteiger partial charge is 0.317 e. The Hall–Kier alpha value is -2.31. The predicted molar refractivity (Wildman–Crippen MR) is 104 cm³/mol. The molecule has 0 bridgehead atoms. The average molecular weight is 362 g/mol. The van der Waals surface area contributed by atoms with Crippen LogP contribution in [0.1, 0.15) is 39.5 Å². The largest absolute Gasteiger partial charge is 0.362 e. The van der Waals surface area contributed by atoms with Crippen molar-refractivity contribution >= 4 is 17.4 Å². The second-order valence-corrected chi connectivity index (χ2v) is 6.82. The maximum absolute atomic E-state index is 12.4. The molecule has 0 radical (unpaired) electrons. The molecule has 1 heterocycles. The van der Waals surface area contributed by atoms with Crippen LogP contribution in [0.2, 0.25) is 0 Å². The quantitative estimate of drug-likeness (QED) is 0.566. The molecule has 144 valence electrons. The summed E-state index contributed by atoms with van der Waals surface area (Å²) in [6, 6.07) is 6.75. The molecule has 1 unspecified atom stereocenters. The zero-order valence-corrected chi connectivity index (χ0v) is 15.8. The van der Waals surface area contributed by atoms with E-state index in [1.807, 2.05) is 11.0 Å². The number of anilines is 1. The monoisotopic (exact) mass is 362 g/mol. The minimum Gasteiger partial charge on any atom is -0.362 e. The molecule has 7 nitrogen and oxygen atoms in total. The zero-order valence-electron chi connectivity index (χ0n) is 15.8. The molecule has 1 saturated heterocycles. The molecule has 1 aromatic rings. The number of nitro benzene ring substituents is 1. The lowest BCUT2D eigenvalue weighted by Crippen LogP contribution is -2.52. The van der Waals surface area contributed by atoms with Crippen LogP contribution in [0.3, 0.4) is 0 Å². The molecule has 2 amide bonds. The van der Waals surface area contributed by atoms with Crippen molar-refractivity contribution < 1.29 is 9.72 Å². The average Bonchev–Trinajstić information content (AvgIpc) is 2.68. The van der Waals surface area contributed by atoms with E-state index < -0.39 is 0 Å². The fourth-order valence-electron chi connectivity index (χ4n) is 3.32. The predicted octanol–water partition coefficient (Wildman–Crippen LogP) is 3.64. The second-order valence-electron chi connectivity index (χ2n) is 6.82. The van der Waals surface area contributed by atoms with Crippen molar-refractivity contribution in [2.45, 2.75) is 39.5 Å². The first-order chi connectivity index (χ1) is 12.6. The fourth-order valence-corrected chi connectivity index (χ4v) is 3.32. The third kappa shape index (κ3) is 5.34. The number of nitro groups is 1. The lowest BCUT2D eigenvalue weighted by Gasteiger charge is -2.36. The van der Waals surface area contributed by atoms with E-state index in [2.05, 4.69) is 19.2 Å². The van der Waals surface area contributed by atoms with E-state index in [-0.39, 0.29) is 16.6 Å². The number of rotatable bonds is 8. The van der Waals surface area contributed by atoms with Gasteiger partial charge < -0.3 is 15.1 Å². The summed E-state index contributed by atoms with van der Waals surface area (Å²) in [6.45, 7) is 7.42. The SMILES string of the molecule is CCCCC(CC)CNC(=O)N1CCN(c2ccccc2[N+](=O)[O-])CC1. The van der Waals surface area contributed by atoms with Gasteiger partial charge in [0.05, 0.1) is 4.92 Å². The van der Waals surface area contributed by atoms with Crippen molar-refractivity contribution in [3.63, 3.8) is 0 Å². The molecule has 2 rings (SSSR count). The first-order valence-electron chi connectivity index (χ1n) is 9.57. The highest BCUT2D eigenvalue weighted by Gasteiger charge is 2.25.